The molecule has 0 unspecified atom stereocenters. The molecule has 2 saturated heterocycles. The van der Waals surface area contributed by atoms with Crippen molar-refractivity contribution in [3.63, 3.8) is 0 Å². The first-order chi connectivity index (χ1) is 43.7. The number of hydrogen-bond acceptors (Lipinski definition) is 16. The van der Waals surface area contributed by atoms with Crippen LogP contribution in [0.5, 0.6) is 5.75 Å². The molecule has 9 atom stereocenters. The molecular weight excluding hydrogens is 1180 g/mol. The Morgan fingerprint density at radius 2 is 1.37 bits per heavy atom. The highest BCUT2D eigenvalue weighted by Crippen LogP contribution is 2.33. The van der Waals surface area contributed by atoms with Crippen LogP contribution < -0.4 is 59.3 Å². The number of rotatable bonds is 35. The quantitative estimate of drug-likeness (QED) is 0.0103. The minimum Gasteiger partial charge on any atom is -0.508 e. The third-order valence-electron chi connectivity index (χ3n) is 15.7. The number of aromatic nitrogens is 3. The van der Waals surface area contributed by atoms with Gasteiger partial charge in [0.15, 0.2) is 18.7 Å². The number of aliphatic hydroxyl groups excluding tert-OH is 1. The van der Waals surface area contributed by atoms with Gasteiger partial charge in [-0.25, -0.2) is 4.98 Å². The second-order valence-corrected chi connectivity index (χ2v) is 23.6. The summed E-state index contributed by atoms with van der Waals surface area (Å²) in [6, 6.07) is 0.679. The number of carbonyl (C=O) groups is 11. The van der Waals surface area contributed by atoms with Crippen molar-refractivity contribution in [2.24, 2.45) is 28.3 Å². The van der Waals surface area contributed by atoms with Crippen LogP contribution in [0.1, 0.15) is 103 Å². The fourth-order valence-electron chi connectivity index (χ4n) is 11.2. The summed E-state index contributed by atoms with van der Waals surface area (Å²) in [6.45, 7) is 7.42. The molecule has 4 heterocycles. The molecule has 0 saturated carbocycles. The molecule has 494 valence electrons. The van der Waals surface area contributed by atoms with E-state index in [9.17, 15) is 69.5 Å². The first-order valence-corrected chi connectivity index (χ1v) is 30.4. The minimum absolute atomic E-state index is 0.00812. The predicted octanol–water partition coefficient (Wildman–Crippen LogP) is -1.94. The smallest absolute Gasteiger partial charge is 0.322 e. The predicted molar refractivity (Wildman–Crippen MR) is 332 cm³/mol. The van der Waals surface area contributed by atoms with Crippen molar-refractivity contribution in [2.75, 3.05) is 32.8 Å². The van der Waals surface area contributed by atoms with Crippen LogP contribution in [0, 0.1) is 11.8 Å². The molecule has 0 radical (unpaired) electrons. The maximum Gasteiger partial charge on any atom is 0.322 e. The third-order valence-corrected chi connectivity index (χ3v) is 15.7. The summed E-state index contributed by atoms with van der Waals surface area (Å²) in [5.74, 6) is -10.9. The molecule has 30 nitrogen and oxygen atoms in total. The lowest BCUT2D eigenvalue weighted by Crippen LogP contribution is -2.66. The van der Waals surface area contributed by atoms with Gasteiger partial charge in [-0.05, 0) is 99.2 Å². The van der Waals surface area contributed by atoms with Gasteiger partial charge >= 0.3 is 5.97 Å². The standard InChI is InChI=1S/C61H86N16O14/c1-6-77-22-10-20-61(77,59(91)67-30-50(81)82)51(83)41(13-9-21-65-60(62)63)70-53(85)43(23-33(2)3)71-54(86)44(24-34(4)5)72-55(87)45(25-35-14-16-38(79)17-15-35)73-58(90)48(31-78)76-56(88)46(26-36-28-66-40-12-8-7-11-39(36)40)74-57(89)47(27-37-29-64-32-68-37)75-52(84)42-18-19-49(80)69-42/h7-8,11-12,14-17,28-29,32-34,41-48,66,78-79H,6,9-10,13,18-27,30-31H2,1-5H3,(H,64,68)(H,67,91)(H,69,80)(H,70,85)(H,71,86)(H,72,87)(H,73,90)(H,74,89)(H,75,84)(H,76,88)(H,81,82)(H4,62,63,65)/t41-,42-,43-,44-,45-,46-,47-,48-,61+/m0/s1/i/hD. The van der Waals surface area contributed by atoms with Gasteiger partial charge in [-0.3, -0.25) is 62.6 Å². The summed E-state index contributed by atoms with van der Waals surface area (Å²) in [6.07, 6.45) is 4.24. The lowest BCUT2D eigenvalue weighted by Gasteiger charge is -2.38. The molecule has 2 fully saturated rings. The van der Waals surface area contributed by atoms with E-state index < -0.39 is 132 Å². The molecule has 0 aliphatic carbocycles. The zero-order valence-corrected chi connectivity index (χ0v) is 51.7. The van der Waals surface area contributed by atoms with Crippen LogP contribution >= 0.6 is 0 Å². The molecular formula is C61H86N16O14. The van der Waals surface area contributed by atoms with E-state index in [1.54, 1.807) is 70.0 Å². The summed E-state index contributed by atoms with van der Waals surface area (Å²) in [5.41, 5.74) is 11.2. The Bertz CT molecular complexity index is 3280. The number of hydrogen-bond donors (Lipinski definition) is 16. The summed E-state index contributed by atoms with van der Waals surface area (Å²) in [5, 5.41) is 52.2. The second-order valence-electron chi connectivity index (χ2n) is 23.6. The van der Waals surface area contributed by atoms with Crippen LogP contribution in [0.15, 0.2) is 72.2 Å². The highest BCUT2D eigenvalue weighted by atomic mass is 16.4. The number of para-hydroxylation sites is 1. The van der Waals surface area contributed by atoms with E-state index in [0.29, 0.717) is 40.7 Å². The zero-order valence-electron chi connectivity index (χ0n) is 52.7. The highest BCUT2D eigenvalue weighted by Gasteiger charge is 2.55. The molecule has 91 heavy (non-hydrogen) atoms. The third kappa shape index (κ3) is 20.0. The van der Waals surface area contributed by atoms with E-state index in [2.05, 4.69) is 62.5 Å². The Kier molecular flexibility index (Phi) is 25.3. The summed E-state index contributed by atoms with van der Waals surface area (Å²) in [7, 11) is 0. The monoisotopic (exact) mass is 1270 g/mol. The first kappa shape index (κ1) is 69.0. The molecule has 4 aromatic rings. The number of ketones is 1. The van der Waals surface area contributed by atoms with Crippen LogP contribution in [0.4, 0.5) is 0 Å². The number of aromatic hydroxyl groups is 1. The Morgan fingerprint density at radius 1 is 0.769 bits per heavy atom. The topological polar surface area (TPSA) is 469 Å². The molecule has 0 bridgehead atoms. The average molecular weight is 1270 g/mol. The molecule has 2 aliphatic heterocycles. The molecule has 2 aromatic heterocycles. The number of carboxylic acid groups (broad SMARTS) is 1. The van der Waals surface area contributed by atoms with Gasteiger partial charge in [-0.1, -0.05) is 65.0 Å². The van der Waals surface area contributed by atoms with Gasteiger partial charge in [0.2, 0.25) is 53.2 Å². The number of likely N-dealkylation sites (N-methyl/N-ethyl adjacent to an activating group) is 1. The van der Waals surface area contributed by atoms with Crippen molar-refractivity contribution in [2.45, 2.75) is 159 Å². The number of carbonyl (C=O) groups excluding carboxylic acids is 10. The van der Waals surface area contributed by atoms with Gasteiger partial charge < -0.3 is 84.6 Å². The molecule has 18 N–H and O–H groups in total. The number of nitrogens with two attached hydrogens (primary N) is 2. The molecule has 2 aliphatic rings. The van der Waals surface area contributed by atoms with E-state index in [-0.39, 0.29) is 106 Å². The Hall–Kier alpha value is -9.45. The summed E-state index contributed by atoms with van der Waals surface area (Å²) >= 11 is 0. The van der Waals surface area contributed by atoms with Crippen molar-refractivity contribution in [1.82, 2.24) is 67.7 Å². The SMILES string of the molecule is [2H]N(C(=O)[C@H](CO)NC(=O)[C@H](Cc1c[nH]c2ccccc12)NC(=O)[C@H](Cc1cnc[nH]1)NC(=O)[C@@H]1CCC(=O)N1)[C@@H](Cc1ccc(O)cc1)C(=O)N[C@@H](CC(C)C)C(=O)N[C@@H](CC(C)C)C(=O)N[C@@H](CCCN=C(N)N)C(=O)[C@@]1(C(=O)NCC(=O)O)CCCN1CC. The number of imidazole rings is 1. The van der Waals surface area contributed by atoms with Gasteiger partial charge in [0.05, 0.1) is 19.0 Å². The number of aromatic amines is 2. The Labute approximate surface area is 527 Å². The van der Waals surface area contributed by atoms with Crippen molar-refractivity contribution < 1.29 is 69.5 Å². The fraction of sp³-hybridized carbons (Fsp3) is 0.525. The van der Waals surface area contributed by atoms with Crippen molar-refractivity contribution in [1.29, 1.82) is 0 Å². The van der Waals surface area contributed by atoms with Gasteiger partial charge in [-0.2, -0.15) is 0 Å². The number of amides is 9. The van der Waals surface area contributed by atoms with Crippen LogP contribution in [0.25, 0.3) is 10.9 Å². The molecule has 2 aromatic carbocycles. The molecule has 0 spiro atoms. The number of nitrogens with zero attached hydrogens (tertiary/aromatic N) is 3. The van der Waals surface area contributed by atoms with E-state index in [1.165, 1.54) is 36.8 Å². The number of guanidine groups is 1. The summed E-state index contributed by atoms with van der Waals surface area (Å²) in [4.78, 5) is 169. The number of nitrogens with one attached hydrogen (secondary N) is 11. The van der Waals surface area contributed by atoms with Crippen molar-refractivity contribution in [3.05, 3.63) is 84.1 Å². The molecule has 30 heteroatoms. The number of aliphatic carboxylic acids is 1. The number of benzene rings is 2. The average Bonchev–Trinajstić information content (AvgIpc) is 1.54. The second kappa shape index (κ2) is 33.4. The lowest BCUT2D eigenvalue weighted by molar-refractivity contribution is -0.148. The number of Topliss-reactive ketones (excluding diaryl/α,β-unsaturated/α-hetero) is 1. The maximum absolute atomic E-state index is 14.9. The minimum atomic E-state index is -1.95. The van der Waals surface area contributed by atoms with Crippen molar-refractivity contribution >= 4 is 81.8 Å². The van der Waals surface area contributed by atoms with Gasteiger partial charge in [0.25, 0.3) is 0 Å². The van der Waals surface area contributed by atoms with Gasteiger partial charge in [0, 0.05) is 61.2 Å². The molecule has 6 rings (SSSR count). The van der Waals surface area contributed by atoms with Crippen LogP contribution in [-0.4, -0.2) is 193 Å². The lowest BCUT2D eigenvalue weighted by atomic mass is 9.83. The number of likely N-dealkylation sites (tertiary alicyclic amines) is 1. The highest BCUT2D eigenvalue weighted by molar-refractivity contribution is 6.14. The number of aliphatic hydroxyl groups is 1. The number of phenols is 1. The van der Waals surface area contributed by atoms with Crippen LogP contribution in [0.2, 0.25) is 1.41 Å². The van der Waals surface area contributed by atoms with Gasteiger partial charge in [0.1, 0.15) is 54.6 Å². The molecule has 9 amide bonds. The normalized spacial score (nSPS) is 18.0. The number of H-pyrrole nitrogens is 2. The van der Waals surface area contributed by atoms with E-state index in [4.69, 9.17) is 11.5 Å². The number of aliphatic imine (C=N–C) groups is 1. The number of carboxylic acids is 1. The van der Waals surface area contributed by atoms with Crippen molar-refractivity contribution in [3.8, 4) is 5.75 Å². The van der Waals surface area contributed by atoms with E-state index in [1.807, 2.05) is 0 Å². The van der Waals surface area contributed by atoms with Crippen LogP contribution in [0.3, 0.4) is 0 Å². The van der Waals surface area contributed by atoms with Crippen LogP contribution in [-0.2, 0) is 72.0 Å². The summed E-state index contributed by atoms with van der Waals surface area (Å²) < 4.78 is 9.30. The number of fused-ring (bicyclic) bond motifs is 1. The fourth-order valence-corrected chi connectivity index (χ4v) is 11.2. The maximum atomic E-state index is 14.9. The Balaban J connectivity index is 1.26. The first-order valence-electron chi connectivity index (χ1n) is 30.9. The van der Waals surface area contributed by atoms with E-state index in [0.717, 1.165) is 0 Å². The van der Waals surface area contributed by atoms with Gasteiger partial charge in [-0.15, -0.1) is 0 Å². The van der Waals surface area contributed by atoms with E-state index >= 15 is 0 Å². The largest absolute Gasteiger partial charge is 0.508 e. The zero-order chi connectivity index (χ0) is 67.4. The number of phenolic OH excluding ortho intramolecular Hbond substituents is 1. The Morgan fingerprint density at radius 3 is 1.96 bits per heavy atom.